The van der Waals surface area contributed by atoms with Crippen molar-refractivity contribution in [1.29, 1.82) is 0 Å². The van der Waals surface area contributed by atoms with Gasteiger partial charge in [-0.15, -0.1) is 0 Å². The van der Waals surface area contributed by atoms with Crippen molar-refractivity contribution in [3.8, 4) is 5.69 Å². The van der Waals surface area contributed by atoms with Crippen LogP contribution in [0.4, 0.5) is 33.7 Å². The van der Waals surface area contributed by atoms with Gasteiger partial charge in [-0.3, -0.25) is 4.57 Å². The van der Waals surface area contributed by atoms with Gasteiger partial charge in [0.05, 0.1) is 23.3 Å². The van der Waals surface area contributed by atoms with Crippen LogP contribution in [0.25, 0.3) is 27.9 Å². The van der Waals surface area contributed by atoms with E-state index in [1.165, 1.54) is 24.3 Å². The summed E-state index contributed by atoms with van der Waals surface area (Å²) in [6, 6.07) is 10.8. The second-order valence-electron chi connectivity index (χ2n) is 9.43. The summed E-state index contributed by atoms with van der Waals surface area (Å²) >= 11 is 0. The highest BCUT2D eigenvalue weighted by molar-refractivity contribution is 5.85. The number of aliphatic carboxylic acids is 1. The molecule has 0 spiro atoms. The zero-order valence-electron chi connectivity index (χ0n) is 22.0. The van der Waals surface area contributed by atoms with Gasteiger partial charge in [-0.1, -0.05) is 6.07 Å². The molecule has 0 radical (unpaired) electrons. The van der Waals surface area contributed by atoms with E-state index in [0.29, 0.717) is 52.0 Å². The zero-order valence-corrected chi connectivity index (χ0v) is 22.0. The number of nitrogens with one attached hydrogen (secondary N) is 2. The molecule has 16 heteroatoms. The predicted octanol–water partition coefficient (Wildman–Crippen LogP) is 3.97. The third-order valence-corrected chi connectivity index (χ3v) is 6.42. The highest BCUT2D eigenvalue weighted by Gasteiger charge is 2.38. The molecule has 42 heavy (non-hydrogen) atoms. The van der Waals surface area contributed by atoms with Gasteiger partial charge in [0.1, 0.15) is 23.8 Å². The standard InChI is InChI=1S/C24H23F2N9.C2HF3O2/c1-33-7-9-34(10-8-33)24-31-22(27-13-20-29-18-6-5-16(26)12-19(18)30-20)21-23(32-24)35(14-28-21)17-4-2-3-15(25)11-17;3-2(4,5)1(6)7/h2-6,11-12,14H,7-10,13H2,1H3,(H,29,30)(H,27,31,32);(H,6,7). The fourth-order valence-corrected chi connectivity index (χ4v) is 4.26. The van der Waals surface area contributed by atoms with Crippen LogP contribution in [-0.4, -0.2) is 84.9 Å². The van der Waals surface area contributed by atoms with Crippen LogP contribution in [0.15, 0.2) is 48.8 Å². The van der Waals surface area contributed by atoms with Crippen molar-refractivity contribution >= 4 is 39.9 Å². The van der Waals surface area contributed by atoms with E-state index in [9.17, 15) is 22.0 Å². The number of anilines is 2. The van der Waals surface area contributed by atoms with E-state index in [1.54, 1.807) is 23.0 Å². The lowest BCUT2D eigenvalue weighted by Crippen LogP contribution is -2.45. The lowest BCUT2D eigenvalue weighted by atomic mass is 10.3. The van der Waals surface area contributed by atoms with Gasteiger partial charge in [-0.2, -0.15) is 23.1 Å². The number of aromatic nitrogens is 6. The van der Waals surface area contributed by atoms with Crippen LogP contribution in [0.2, 0.25) is 0 Å². The average Bonchev–Trinajstić information content (AvgIpc) is 3.55. The number of carboxylic acid groups (broad SMARTS) is 1. The fraction of sp³-hybridized carbons (Fsp3) is 0.269. The lowest BCUT2D eigenvalue weighted by Gasteiger charge is -2.32. The normalized spacial score (nSPS) is 14.2. The van der Waals surface area contributed by atoms with Crippen LogP contribution in [0.1, 0.15) is 5.82 Å². The van der Waals surface area contributed by atoms with Gasteiger partial charge < -0.3 is 25.2 Å². The molecule has 0 aliphatic carbocycles. The van der Waals surface area contributed by atoms with Crippen LogP contribution < -0.4 is 10.2 Å². The van der Waals surface area contributed by atoms with E-state index < -0.39 is 12.1 Å². The molecule has 11 nitrogen and oxygen atoms in total. The Labute approximate surface area is 234 Å². The maximum atomic E-state index is 13.9. The van der Waals surface area contributed by atoms with E-state index >= 15 is 0 Å². The molecular weight excluding hydrogens is 565 g/mol. The van der Waals surface area contributed by atoms with Gasteiger partial charge in [0, 0.05) is 26.2 Å². The van der Waals surface area contributed by atoms with Gasteiger partial charge in [0.25, 0.3) is 0 Å². The highest BCUT2D eigenvalue weighted by Crippen LogP contribution is 2.26. The third-order valence-electron chi connectivity index (χ3n) is 6.42. The number of carbonyl (C=O) groups is 1. The van der Waals surface area contributed by atoms with Crippen LogP contribution in [0.5, 0.6) is 0 Å². The number of imidazole rings is 2. The Morgan fingerprint density at radius 2 is 1.74 bits per heavy atom. The Morgan fingerprint density at radius 3 is 2.43 bits per heavy atom. The first-order valence-electron chi connectivity index (χ1n) is 12.6. The number of benzene rings is 2. The molecule has 1 fully saturated rings. The van der Waals surface area contributed by atoms with Gasteiger partial charge >= 0.3 is 12.1 Å². The first-order chi connectivity index (χ1) is 20.0. The molecule has 1 aliphatic rings. The average molecular weight is 590 g/mol. The van der Waals surface area contributed by atoms with Crippen LogP contribution in [0.3, 0.4) is 0 Å². The molecule has 4 heterocycles. The molecule has 2 aromatic carbocycles. The molecule has 0 bridgehead atoms. The predicted molar refractivity (Wildman–Crippen MR) is 143 cm³/mol. The maximum absolute atomic E-state index is 13.9. The molecule has 0 amide bonds. The second kappa shape index (κ2) is 11.6. The van der Waals surface area contributed by atoms with Crippen molar-refractivity contribution < 1.29 is 31.9 Å². The highest BCUT2D eigenvalue weighted by atomic mass is 19.4. The molecule has 1 saturated heterocycles. The van der Waals surface area contributed by atoms with Gasteiger partial charge in [0.2, 0.25) is 5.95 Å². The van der Waals surface area contributed by atoms with E-state index in [1.807, 2.05) is 6.07 Å². The summed E-state index contributed by atoms with van der Waals surface area (Å²) in [5.74, 6) is -1.64. The minimum absolute atomic E-state index is 0.321. The van der Waals surface area contributed by atoms with Gasteiger partial charge in [-0.05, 0) is 43.4 Å². The maximum Gasteiger partial charge on any atom is 0.490 e. The molecule has 3 aromatic heterocycles. The van der Waals surface area contributed by atoms with Crippen LogP contribution in [-0.2, 0) is 11.3 Å². The Kier molecular flexibility index (Phi) is 7.89. The number of aromatic amines is 1. The van der Waals surface area contributed by atoms with E-state index in [0.717, 1.165) is 26.2 Å². The molecule has 5 aromatic rings. The van der Waals surface area contributed by atoms with Crippen molar-refractivity contribution in [1.82, 2.24) is 34.4 Å². The second-order valence-corrected chi connectivity index (χ2v) is 9.43. The SMILES string of the molecule is CN1CCN(c2nc(NCc3nc4ccc(F)cc4[nH]3)c3ncn(-c4cccc(F)c4)c3n2)CC1.O=C(O)C(F)(F)F. The number of carboxylic acids is 1. The number of fused-ring (bicyclic) bond motifs is 2. The Balaban J connectivity index is 0.000000451. The van der Waals surface area contributed by atoms with Crippen molar-refractivity contribution in [2.45, 2.75) is 12.7 Å². The number of rotatable bonds is 5. The van der Waals surface area contributed by atoms with Crippen LogP contribution in [0, 0.1) is 11.6 Å². The smallest absolute Gasteiger partial charge is 0.475 e. The van der Waals surface area contributed by atoms with Crippen molar-refractivity contribution in [2.24, 2.45) is 0 Å². The summed E-state index contributed by atoms with van der Waals surface area (Å²) in [6.45, 7) is 3.73. The molecule has 0 saturated carbocycles. The summed E-state index contributed by atoms with van der Waals surface area (Å²) in [5.41, 5.74) is 3.08. The topological polar surface area (TPSA) is 128 Å². The summed E-state index contributed by atoms with van der Waals surface area (Å²) in [4.78, 5) is 35.1. The molecular formula is C26H24F5N9O2. The van der Waals surface area contributed by atoms with Gasteiger partial charge in [-0.25, -0.2) is 23.5 Å². The summed E-state index contributed by atoms with van der Waals surface area (Å²) in [7, 11) is 2.09. The number of hydrogen-bond acceptors (Lipinski definition) is 8. The van der Waals surface area contributed by atoms with Crippen molar-refractivity contribution in [3.05, 3.63) is 66.3 Å². The summed E-state index contributed by atoms with van der Waals surface area (Å²) in [5, 5.41) is 10.4. The number of hydrogen-bond donors (Lipinski definition) is 3. The quantitative estimate of drug-likeness (QED) is 0.261. The minimum atomic E-state index is -5.08. The number of alkyl halides is 3. The van der Waals surface area contributed by atoms with E-state index in [4.69, 9.17) is 19.9 Å². The number of halogens is 5. The third kappa shape index (κ3) is 6.38. The number of H-pyrrole nitrogens is 1. The van der Waals surface area contributed by atoms with E-state index in [2.05, 4.69) is 37.1 Å². The monoisotopic (exact) mass is 589 g/mol. The molecule has 0 atom stereocenters. The molecule has 220 valence electrons. The fourth-order valence-electron chi connectivity index (χ4n) is 4.26. The minimum Gasteiger partial charge on any atom is -0.475 e. The molecule has 3 N–H and O–H groups in total. The summed E-state index contributed by atoms with van der Waals surface area (Å²) in [6.07, 6.45) is -3.46. The van der Waals surface area contributed by atoms with E-state index in [-0.39, 0.29) is 11.6 Å². The Bertz CT molecular complexity index is 1730. The molecule has 1 aliphatic heterocycles. The Hall–Kier alpha value is -4.86. The van der Waals surface area contributed by atoms with Crippen molar-refractivity contribution in [3.63, 3.8) is 0 Å². The molecule has 0 unspecified atom stereocenters. The number of nitrogens with zero attached hydrogens (tertiary/aromatic N) is 7. The van der Waals surface area contributed by atoms with Gasteiger partial charge in [0.15, 0.2) is 17.0 Å². The largest absolute Gasteiger partial charge is 0.490 e. The molecule has 6 rings (SSSR count). The van der Waals surface area contributed by atoms with Crippen LogP contribution >= 0.6 is 0 Å². The zero-order chi connectivity index (χ0) is 30.0. The number of likely N-dealkylation sites (N-methyl/N-ethyl adjacent to an activating group) is 1. The lowest BCUT2D eigenvalue weighted by molar-refractivity contribution is -0.192. The Morgan fingerprint density at radius 1 is 1.02 bits per heavy atom. The first kappa shape index (κ1) is 28.7. The first-order valence-corrected chi connectivity index (χ1v) is 12.6. The number of piperazine rings is 1. The summed E-state index contributed by atoms with van der Waals surface area (Å²) < 4.78 is 61.0. The van der Waals surface area contributed by atoms with Crippen molar-refractivity contribution in [2.75, 3.05) is 43.4 Å².